The molecule has 4 heteroatoms. The molecular formula is C17H20BrNOS. The van der Waals surface area contributed by atoms with Crippen molar-refractivity contribution in [3.8, 4) is 5.75 Å². The minimum atomic E-state index is 0.889. The van der Waals surface area contributed by atoms with Gasteiger partial charge in [0.25, 0.3) is 0 Å². The first-order valence-corrected chi connectivity index (χ1v) is 8.65. The van der Waals surface area contributed by atoms with E-state index in [0.29, 0.717) is 0 Å². The summed E-state index contributed by atoms with van der Waals surface area (Å²) >= 11 is 5.34. The highest BCUT2D eigenvalue weighted by Crippen LogP contribution is 2.33. The minimum absolute atomic E-state index is 0.889. The van der Waals surface area contributed by atoms with E-state index in [4.69, 9.17) is 4.74 Å². The summed E-state index contributed by atoms with van der Waals surface area (Å²) in [4.78, 5) is 2.50. The summed E-state index contributed by atoms with van der Waals surface area (Å²) in [6, 6.07) is 14.6. The first kappa shape index (κ1) is 16.4. The van der Waals surface area contributed by atoms with Crippen LogP contribution >= 0.6 is 27.7 Å². The second-order valence-electron chi connectivity index (χ2n) is 4.71. The molecule has 0 amide bonds. The maximum atomic E-state index is 5.20. The molecule has 0 spiro atoms. The molecule has 2 rings (SSSR count). The first-order chi connectivity index (χ1) is 10.2. The normalized spacial score (nSPS) is 10.6. The Kier molecular flexibility index (Phi) is 6.61. The van der Waals surface area contributed by atoms with Gasteiger partial charge in [0, 0.05) is 20.8 Å². The lowest BCUT2D eigenvalue weighted by Gasteiger charge is -2.11. The molecule has 0 aliphatic carbocycles. The molecule has 0 fully saturated rings. The van der Waals surface area contributed by atoms with Gasteiger partial charge in [-0.15, -0.1) is 0 Å². The van der Waals surface area contributed by atoms with Crippen LogP contribution in [0.15, 0.2) is 56.7 Å². The quantitative estimate of drug-likeness (QED) is 0.688. The monoisotopic (exact) mass is 365 g/mol. The van der Waals surface area contributed by atoms with E-state index in [1.54, 1.807) is 18.9 Å². The topological polar surface area (TPSA) is 21.3 Å². The summed E-state index contributed by atoms with van der Waals surface area (Å²) in [6.45, 7) is 4.12. The van der Waals surface area contributed by atoms with Gasteiger partial charge < -0.3 is 10.1 Å². The second-order valence-corrected chi connectivity index (χ2v) is 6.74. The summed E-state index contributed by atoms with van der Waals surface area (Å²) in [5, 5.41) is 3.47. The van der Waals surface area contributed by atoms with Crippen molar-refractivity contribution >= 4 is 27.7 Å². The van der Waals surface area contributed by atoms with Crippen molar-refractivity contribution in [2.45, 2.75) is 29.7 Å². The van der Waals surface area contributed by atoms with Gasteiger partial charge in [-0.05, 0) is 61.0 Å². The fourth-order valence-electron chi connectivity index (χ4n) is 1.96. The van der Waals surface area contributed by atoms with Crippen molar-refractivity contribution in [2.75, 3.05) is 13.7 Å². The lowest BCUT2D eigenvalue weighted by Crippen LogP contribution is -2.14. The van der Waals surface area contributed by atoms with Crippen LogP contribution in [0.2, 0.25) is 0 Å². The summed E-state index contributed by atoms with van der Waals surface area (Å²) in [5.74, 6) is 0.889. The summed E-state index contributed by atoms with van der Waals surface area (Å²) < 4.78 is 6.32. The number of hydrogen-bond donors (Lipinski definition) is 1. The van der Waals surface area contributed by atoms with Crippen LogP contribution in [0.5, 0.6) is 5.75 Å². The maximum Gasteiger partial charge on any atom is 0.118 e. The molecule has 0 unspecified atom stereocenters. The van der Waals surface area contributed by atoms with Gasteiger partial charge in [-0.2, -0.15) is 0 Å². The van der Waals surface area contributed by atoms with Gasteiger partial charge in [0.15, 0.2) is 0 Å². The first-order valence-electron chi connectivity index (χ1n) is 7.04. The summed E-state index contributed by atoms with van der Waals surface area (Å²) in [7, 11) is 1.69. The van der Waals surface area contributed by atoms with E-state index in [1.807, 2.05) is 12.1 Å². The third-order valence-corrected chi connectivity index (χ3v) is 4.67. The molecule has 112 valence electrons. The van der Waals surface area contributed by atoms with Crippen molar-refractivity contribution in [1.29, 1.82) is 0 Å². The predicted molar refractivity (Wildman–Crippen MR) is 93.3 cm³/mol. The average Bonchev–Trinajstić information content (AvgIpc) is 2.51. The third-order valence-electron chi connectivity index (χ3n) is 3.05. The van der Waals surface area contributed by atoms with Crippen LogP contribution < -0.4 is 10.1 Å². The number of nitrogens with one attached hydrogen (secondary N) is 1. The number of halogens is 1. The van der Waals surface area contributed by atoms with E-state index in [2.05, 4.69) is 58.5 Å². The summed E-state index contributed by atoms with van der Waals surface area (Å²) in [6.07, 6.45) is 1.15. The molecule has 0 atom stereocenters. The Hall–Kier alpha value is -0.970. The number of methoxy groups -OCH3 is 1. The zero-order valence-corrected chi connectivity index (χ0v) is 14.8. The predicted octanol–water partition coefficient (Wildman–Crippen LogP) is 5.11. The van der Waals surface area contributed by atoms with Gasteiger partial charge in [-0.1, -0.05) is 34.6 Å². The Morgan fingerprint density at radius 3 is 2.57 bits per heavy atom. The molecule has 0 radical (unpaired) electrons. The molecule has 0 aliphatic rings. The Bertz CT molecular complexity index is 572. The zero-order valence-electron chi connectivity index (χ0n) is 12.4. The van der Waals surface area contributed by atoms with Crippen molar-refractivity contribution in [3.63, 3.8) is 0 Å². The van der Waals surface area contributed by atoms with Gasteiger partial charge in [0.1, 0.15) is 5.75 Å². The van der Waals surface area contributed by atoms with Gasteiger partial charge in [-0.25, -0.2) is 0 Å². The van der Waals surface area contributed by atoms with Gasteiger partial charge >= 0.3 is 0 Å². The second kappa shape index (κ2) is 8.47. The molecule has 21 heavy (non-hydrogen) atoms. The van der Waals surface area contributed by atoms with Crippen LogP contribution in [-0.4, -0.2) is 13.7 Å². The zero-order chi connectivity index (χ0) is 15.1. The van der Waals surface area contributed by atoms with Crippen molar-refractivity contribution in [1.82, 2.24) is 5.32 Å². The van der Waals surface area contributed by atoms with Crippen LogP contribution in [0.1, 0.15) is 18.9 Å². The third kappa shape index (κ3) is 5.06. The maximum absolute atomic E-state index is 5.20. The van der Waals surface area contributed by atoms with Crippen LogP contribution in [0, 0.1) is 0 Å². The molecule has 0 aromatic heterocycles. The standard InChI is InChI=1S/C17H20BrNOS/c1-3-10-19-12-13-11-14(18)4-9-17(13)21-16-7-5-15(20-2)6-8-16/h4-9,11,19H,3,10,12H2,1-2H3. The fraction of sp³-hybridized carbons (Fsp3) is 0.294. The smallest absolute Gasteiger partial charge is 0.118 e. The highest BCUT2D eigenvalue weighted by Gasteiger charge is 2.06. The van der Waals surface area contributed by atoms with E-state index in [9.17, 15) is 0 Å². The molecule has 2 aromatic carbocycles. The SMILES string of the molecule is CCCNCc1cc(Br)ccc1Sc1ccc(OC)cc1. The van der Waals surface area contributed by atoms with E-state index < -0.39 is 0 Å². The van der Waals surface area contributed by atoms with E-state index >= 15 is 0 Å². The Morgan fingerprint density at radius 1 is 1.14 bits per heavy atom. The number of rotatable bonds is 7. The molecule has 2 nitrogen and oxygen atoms in total. The minimum Gasteiger partial charge on any atom is -0.497 e. The average molecular weight is 366 g/mol. The fourth-order valence-corrected chi connectivity index (χ4v) is 3.29. The highest BCUT2D eigenvalue weighted by molar-refractivity contribution is 9.10. The molecule has 0 heterocycles. The van der Waals surface area contributed by atoms with Gasteiger partial charge in [0.2, 0.25) is 0 Å². The molecular weight excluding hydrogens is 346 g/mol. The highest BCUT2D eigenvalue weighted by atomic mass is 79.9. The molecule has 0 saturated carbocycles. The van der Waals surface area contributed by atoms with Crippen LogP contribution in [0.4, 0.5) is 0 Å². The van der Waals surface area contributed by atoms with Crippen molar-refractivity contribution in [2.24, 2.45) is 0 Å². The Labute approximate surface area is 139 Å². The lowest BCUT2D eigenvalue weighted by molar-refractivity contribution is 0.414. The van der Waals surface area contributed by atoms with Crippen LogP contribution in [0.3, 0.4) is 0 Å². The van der Waals surface area contributed by atoms with Crippen LogP contribution in [0.25, 0.3) is 0 Å². The van der Waals surface area contributed by atoms with E-state index in [1.165, 1.54) is 15.4 Å². The van der Waals surface area contributed by atoms with E-state index in [0.717, 1.165) is 29.7 Å². The largest absolute Gasteiger partial charge is 0.497 e. The molecule has 0 bridgehead atoms. The molecule has 2 aromatic rings. The van der Waals surface area contributed by atoms with Gasteiger partial charge in [0.05, 0.1) is 7.11 Å². The number of hydrogen-bond acceptors (Lipinski definition) is 3. The molecule has 0 aliphatic heterocycles. The number of benzene rings is 2. The summed E-state index contributed by atoms with van der Waals surface area (Å²) in [5.41, 5.74) is 1.32. The van der Waals surface area contributed by atoms with Crippen molar-refractivity contribution < 1.29 is 4.74 Å². The van der Waals surface area contributed by atoms with Gasteiger partial charge in [-0.3, -0.25) is 0 Å². The van der Waals surface area contributed by atoms with E-state index in [-0.39, 0.29) is 0 Å². The number of ether oxygens (including phenoxy) is 1. The lowest BCUT2D eigenvalue weighted by atomic mass is 10.2. The molecule has 1 N–H and O–H groups in total. The molecule has 0 saturated heterocycles. The van der Waals surface area contributed by atoms with Crippen LogP contribution in [-0.2, 0) is 6.54 Å². The Balaban J connectivity index is 2.13. The Morgan fingerprint density at radius 2 is 1.90 bits per heavy atom. The van der Waals surface area contributed by atoms with Crippen molar-refractivity contribution in [3.05, 3.63) is 52.5 Å².